The zero-order valence-electron chi connectivity index (χ0n) is 20.6. The third-order valence-corrected chi connectivity index (χ3v) is 8.39. The third kappa shape index (κ3) is 4.27. The highest BCUT2D eigenvalue weighted by atomic mass is 32.2. The maximum atomic E-state index is 15.3. The summed E-state index contributed by atoms with van der Waals surface area (Å²) in [6.45, 7) is 2.45. The molecule has 1 fully saturated rings. The van der Waals surface area contributed by atoms with E-state index in [2.05, 4.69) is 24.9 Å². The van der Waals surface area contributed by atoms with E-state index >= 15 is 4.39 Å². The van der Waals surface area contributed by atoms with Gasteiger partial charge in [-0.1, -0.05) is 11.8 Å². The molecule has 1 aliphatic heterocycles. The molecule has 0 bridgehead atoms. The number of aliphatic imine (C=N–C) groups is 1. The summed E-state index contributed by atoms with van der Waals surface area (Å²) < 4.78 is 45.9. The number of fused-ring (bicyclic) bond motifs is 2. The molecule has 4 heterocycles. The van der Waals surface area contributed by atoms with Crippen LogP contribution in [-0.2, 0) is 23.3 Å². The fraction of sp³-hybridized carbons (Fsp3) is 0.346. The number of hydrogen-bond donors (Lipinski definition) is 1. The predicted molar refractivity (Wildman–Crippen MR) is 137 cm³/mol. The van der Waals surface area contributed by atoms with E-state index in [1.165, 1.54) is 36.7 Å². The maximum Gasteiger partial charge on any atom is 0.233 e. The minimum atomic E-state index is -1.02. The maximum absolute atomic E-state index is 15.3. The van der Waals surface area contributed by atoms with Crippen LogP contribution in [0.5, 0.6) is 5.88 Å². The molecule has 38 heavy (non-hydrogen) atoms. The average Bonchev–Trinajstić information content (AvgIpc) is 3.36. The van der Waals surface area contributed by atoms with Gasteiger partial charge in [0.25, 0.3) is 0 Å². The van der Waals surface area contributed by atoms with Gasteiger partial charge in [-0.25, -0.2) is 23.7 Å². The quantitative estimate of drug-likeness (QED) is 0.353. The van der Waals surface area contributed by atoms with Gasteiger partial charge in [-0.05, 0) is 37.1 Å². The van der Waals surface area contributed by atoms with Gasteiger partial charge in [0.15, 0.2) is 23.2 Å². The number of ether oxygens (including phenoxy) is 2. The first-order valence-electron chi connectivity index (χ1n) is 11.9. The smallest absolute Gasteiger partial charge is 0.233 e. The molecule has 1 aromatic carbocycles. The van der Waals surface area contributed by atoms with Gasteiger partial charge in [0.1, 0.15) is 24.1 Å². The largest absolute Gasteiger partial charge is 0.470 e. The molecule has 1 saturated carbocycles. The van der Waals surface area contributed by atoms with E-state index in [1.54, 1.807) is 25.4 Å². The number of nitrogens with zero attached hydrogens (tertiary/aromatic N) is 5. The van der Waals surface area contributed by atoms with E-state index in [4.69, 9.17) is 19.6 Å². The highest BCUT2D eigenvalue weighted by Crippen LogP contribution is 2.66. The lowest BCUT2D eigenvalue weighted by molar-refractivity contribution is 0.184. The van der Waals surface area contributed by atoms with Crippen LogP contribution >= 0.6 is 11.8 Å². The monoisotopic (exact) mass is 538 g/mol. The summed E-state index contributed by atoms with van der Waals surface area (Å²) in [4.78, 5) is 22.1. The second kappa shape index (κ2) is 9.28. The van der Waals surface area contributed by atoms with Crippen molar-refractivity contribution in [3.05, 3.63) is 77.4 Å². The molecule has 4 aromatic rings. The number of nitrogens with two attached hydrogens (primary N) is 1. The Morgan fingerprint density at radius 1 is 1.24 bits per heavy atom. The summed E-state index contributed by atoms with van der Waals surface area (Å²) in [5, 5.41) is 0.344. The van der Waals surface area contributed by atoms with Crippen LogP contribution in [0.1, 0.15) is 35.9 Å². The van der Waals surface area contributed by atoms with E-state index in [9.17, 15) is 4.39 Å². The van der Waals surface area contributed by atoms with Crippen LogP contribution in [0.15, 0.2) is 52.7 Å². The number of benzene rings is 1. The topological polar surface area (TPSA) is 122 Å². The van der Waals surface area contributed by atoms with Gasteiger partial charge >= 0.3 is 0 Å². The van der Waals surface area contributed by atoms with Crippen molar-refractivity contribution in [1.82, 2.24) is 19.9 Å². The van der Waals surface area contributed by atoms with Crippen LogP contribution in [0.2, 0.25) is 0 Å². The SMILES string of the molecule is COC[C@]12C[C@H]1[C@@](C)(c1cc(Cc3nccc4nc(OCc5cocn5)cnc34)cc(F)c1F)N=C(N)S2. The summed E-state index contributed by atoms with van der Waals surface area (Å²) in [7, 11) is 1.62. The molecule has 0 unspecified atom stereocenters. The predicted octanol–water partition coefficient (Wildman–Crippen LogP) is 4.14. The summed E-state index contributed by atoms with van der Waals surface area (Å²) in [6.07, 6.45) is 6.86. The number of thioether (sulfide) groups is 1. The minimum absolute atomic E-state index is 0.0337. The van der Waals surface area contributed by atoms with Gasteiger partial charge in [0.2, 0.25) is 5.88 Å². The van der Waals surface area contributed by atoms with Crippen molar-refractivity contribution in [3.63, 3.8) is 0 Å². The zero-order valence-corrected chi connectivity index (χ0v) is 21.5. The Bertz CT molecular complexity index is 1550. The van der Waals surface area contributed by atoms with Crippen LogP contribution < -0.4 is 10.5 Å². The first kappa shape index (κ1) is 24.7. The highest BCUT2D eigenvalue weighted by Gasteiger charge is 2.66. The van der Waals surface area contributed by atoms with Crippen molar-refractivity contribution < 1.29 is 22.7 Å². The van der Waals surface area contributed by atoms with Crippen molar-refractivity contribution >= 4 is 28.0 Å². The lowest BCUT2D eigenvalue weighted by Gasteiger charge is -2.34. The van der Waals surface area contributed by atoms with Crippen molar-refractivity contribution in [2.75, 3.05) is 13.7 Å². The number of oxazole rings is 1. The van der Waals surface area contributed by atoms with Crippen LogP contribution in [0.25, 0.3) is 11.0 Å². The molecule has 0 spiro atoms. The van der Waals surface area contributed by atoms with Crippen molar-refractivity contribution in [3.8, 4) is 5.88 Å². The van der Waals surface area contributed by atoms with Gasteiger partial charge in [0.05, 0.1) is 34.3 Å². The van der Waals surface area contributed by atoms with Crippen LogP contribution in [0, 0.1) is 17.6 Å². The standard InChI is InChI=1S/C26H24F2N6O3S/c1-25(20-8-26(20,12-35-2)38-24(29)34-25)16-5-14(6-17(27)22(16)28)7-19-23-18(3-4-30-19)33-21(9-31-23)37-11-15-10-36-13-32-15/h3-6,9-10,13,20H,7-8,11-12H2,1-2H3,(H2,29,34)/t20-,25+,26+/m0/s1. The number of amidine groups is 1. The molecule has 0 amide bonds. The Hall–Kier alpha value is -3.64. The second-order valence-corrected chi connectivity index (χ2v) is 11.1. The molecule has 3 atom stereocenters. The van der Waals surface area contributed by atoms with Crippen molar-refractivity contribution in [2.24, 2.45) is 16.6 Å². The van der Waals surface area contributed by atoms with Crippen LogP contribution in [0.3, 0.4) is 0 Å². The summed E-state index contributed by atoms with van der Waals surface area (Å²) in [6, 6.07) is 4.56. The normalized spacial score (nSPS) is 24.2. The zero-order chi connectivity index (χ0) is 26.5. The van der Waals surface area contributed by atoms with E-state index in [1.807, 2.05) is 6.92 Å². The van der Waals surface area contributed by atoms with Gasteiger partial charge in [-0.15, -0.1) is 0 Å². The van der Waals surface area contributed by atoms with Crippen molar-refractivity contribution in [2.45, 2.75) is 36.7 Å². The second-order valence-electron chi connectivity index (χ2n) is 9.67. The first-order chi connectivity index (χ1) is 18.3. The molecule has 2 N–H and O–H groups in total. The number of methoxy groups -OCH3 is 1. The van der Waals surface area contributed by atoms with Gasteiger partial charge in [-0.2, -0.15) is 0 Å². The van der Waals surface area contributed by atoms with Crippen LogP contribution in [0.4, 0.5) is 8.78 Å². The third-order valence-electron chi connectivity index (χ3n) is 7.11. The lowest BCUT2D eigenvalue weighted by Crippen LogP contribution is -2.38. The minimum Gasteiger partial charge on any atom is -0.470 e. The number of halogens is 2. The van der Waals surface area contributed by atoms with E-state index in [0.29, 0.717) is 45.6 Å². The van der Waals surface area contributed by atoms with E-state index in [0.717, 1.165) is 6.42 Å². The Morgan fingerprint density at radius 3 is 2.89 bits per heavy atom. The molecule has 0 radical (unpaired) electrons. The lowest BCUT2D eigenvalue weighted by atomic mass is 9.84. The Kier molecular flexibility index (Phi) is 6.03. The first-order valence-corrected chi connectivity index (χ1v) is 12.7. The molecule has 2 aliphatic rings. The number of pyridine rings is 1. The summed E-state index contributed by atoms with van der Waals surface area (Å²) >= 11 is 1.45. The molecule has 196 valence electrons. The summed E-state index contributed by atoms with van der Waals surface area (Å²) in [5.41, 5.74) is 8.14. The fourth-order valence-corrected chi connectivity index (χ4v) is 6.73. The van der Waals surface area contributed by atoms with Gasteiger partial charge in [0, 0.05) is 31.2 Å². The van der Waals surface area contributed by atoms with Crippen molar-refractivity contribution in [1.29, 1.82) is 0 Å². The number of rotatable bonds is 8. The molecular weight excluding hydrogens is 514 g/mol. The molecule has 0 saturated heterocycles. The molecule has 3 aromatic heterocycles. The van der Waals surface area contributed by atoms with Gasteiger partial charge in [-0.3, -0.25) is 9.98 Å². The fourth-order valence-electron chi connectivity index (χ4n) is 5.28. The van der Waals surface area contributed by atoms with Gasteiger partial charge < -0.3 is 19.6 Å². The van der Waals surface area contributed by atoms with E-state index in [-0.39, 0.29) is 29.3 Å². The Labute approximate surface area is 220 Å². The molecule has 6 rings (SSSR count). The highest BCUT2D eigenvalue weighted by molar-refractivity contribution is 8.15. The number of aromatic nitrogens is 4. The molecule has 1 aliphatic carbocycles. The van der Waals surface area contributed by atoms with E-state index < -0.39 is 17.2 Å². The molecule has 9 nitrogen and oxygen atoms in total. The Morgan fingerprint density at radius 2 is 2.11 bits per heavy atom. The molecular formula is C26H24F2N6O3S. The Balaban J connectivity index is 1.31. The van der Waals surface area contributed by atoms with Crippen LogP contribution in [-0.4, -0.2) is 43.6 Å². The summed E-state index contributed by atoms with van der Waals surface area (Å²) in [5.74, 6) is -1.58. The average molecular weight is 539 g/mol. The molecule has 12 heteroatoms. The number of hydrogen-bond acceptors (Lipinski definition) is 10.